The summed E-state index contributed by atoms with van der Waals surface area (Å²) in [6, 6.07) is 6.64. The van der Waals surface area contributed by atoms with Gasteiger partial charge in [-0.2, -0.15) is 24.9 Å². The van der Waals surface area contributed by atoms with E-state index in [9.17, 15) is 0 Å². The van der Waals surface area contributed by atoms with Gasteiger partial charge in [0.05, 0.1) is 44.0 Å². The minimum absolute atomic E-state index is 0. The van der Waals surface area contributed by atoms with Crippen molar-refractivity contribution in [3.05, 3.63) is 51.3 Å². The molecule has 0 amide bonds. The molecule has 0 spiro atoms. The summed E-state index contributed by atoms with van der Waals surface area (Å²) < 4.78 is 17.9. The molecule has 0 unspecified atom stereocenters. The van der Waals surface area contributed by atoms with Crippen molar-refractivity contribution < 1.29 is 14.2 Å². The highest BCUT2D eigenvalue weighted by atomic mass is 35.5. The first-order valence-electron chi connectivity index (χ1n) is 12.3. The maximum absolute atomic E-state index is 5.99. The SMILES string of the molecule is C.C.CCOc1nc(Cl)nc(Cc2ccc3c(c2)nc(CN2CCOCC2)n3C)n1.CCOc1nc(Cl)nc(Cl)n1. The monoisotopic (exact) mass is 627 g/mol. The van der Waals surface area contributed by atoms with Crippen LogP contribution in [0.5, 0.6) is 12.0 Å². The first-order chi connectivity index (χ1) is 18.8. The van der Waals surface area contributed by atoms with E-state index in [0.29, 0.717) is 25.5 Å². The Hall–Kier alpha value is -2.90. The van der Waals surface area contributed by atoms with Crippen molar-refractivity contribution in [1.29, 1.82) is 0 Å². The molecular weight excluding hydrogens is 593 g/mol. The zero-order chi connectivity index (χ0) is 27.8. The second kappa shape index (κ2) is 16.5. The Morgan fingerprint density at radius 1 is 0.805 bits per heavy atom. The van der Waals surface area contributed by atoms with Gasteiger partial charge in [0, 0.05) is 26.6 Å². The van der Waals surface area contributed by atoms with Gasteiger partial charge in [-0.3, -0.25) is 4.90 Å². The number of benzene rings is 1. The lowest BCUT2D eigenvalue weighted by Crippen LogP contribution is -2.36. The number of rotatable bonds is 8. The Bertz CT molecular complexity index is 1380. The molecule has 0 N–H and O–H groups in total. The summed E-state index contributed by atoms with van der Waals surface area (Å²) in [6.45, 7) is 8.91. The summed E-state index contributed by atoms with van der Waals surface area (Å²) in [5.41, 5.74) is 3.14. The second-order valence-corrected chi connectivity index (χ2v) is 9.31. The average molecular weight is 629 g/mol. The standard InChI is InChI=1S/C19H23ClN6O2.C5H5Cl2N3O.2CH4/c1-3-28-19-23-16(22-18(20)24-19)11-13-4-5-15-14(10-13)21-17(25(15)2)12-26-6-8-27-9-7-26;1-2-11-5-9-3(6)8-4(7)10-5;;/h4-5,10H,3,6-9,11-12H2,1-2H3;2H2,1H3;2*1H4. The molecule has 4 heterocycles. The van der Waals surface area contributed by atoms with Crippen LogP contribution < -0.4 is 9.47 Å². The first-order valence-corrected chi connectivity index (χ1v) is 13.5. The van der Waals surface area contributed by atoms with Crippen LogP contribution in [0.25, 0.3) is 11.0 Å². The third-order valence-corrected chi connectivity index (χ3v) is 6.12. The molecular formula is C26H36Cl3N9O3. The molecule has 3 aromatic heterocycles. The molecule has 5 rings (SSSR count). The molecule has 1 aliphatic rings. The third kappa shape index (κ3) is 9.86. The van der Waals surface area contributed by atoms with Crippen LogP contribution in [0, 0.1) is 0 Å². The summed E-state index contributed by atoms with van der Waals surface area (Å²) in [7, 11) is 2.06. The number of aromatic nitrogens is 8. The van der Waals surface area contributed by atoms with Crippen molar-refractivity contribution in [2.45, 2.75) is 41.7 Å². The molecule has 1 fully saturated rings. The Morgan fingerprint density at radius 2 is 1.39 bits per heavy atom. The molecule has 0 aliphatic carbocycles. The Balaban J connectivity index is 0.000000385. The maximum atomic E-state index is 5.99. The highest BCUT2D eigenvalue weighted by Gasteiger charge is 2.16. The van der Waals surface area contributed by atoms with E-state index in [-0.39, 0.29) is 42.7 Å². The lowest BCUT2D eigenvalue weighted by Gasteiger charge is -2.26. The van der Waals surface area contributed by atoms with Gasteiger partial charge in [0.2, 0.25) is 15.9 Å². The molecule has 4 aromatic rings. The van der Waals surface area contributed by atoms with E-state index in [2.05, 4.69) is 64.6 Å². The predicted octanol–water partition coefficient (Wildman–Crippen LogP) is 5.08. The van der Waals surface area contributed by atoms with Gasteiger partial charge in [0.1, 0.15) is 11.6 Å². The number of halogens is 3. The van der Waals surface area contributed by atoms with Gasteiger partial charge in [-0.1, -0.05) is 20.9 Å². The van der Waals surface area contributed by atoms with E-state index < -0.39 is 0 Å². The fourth-order valence-corrected chi connectivity index (χ4v) is 4.35. The van der Waals surface area contributed by atoms with Gasteiger partial charge in [0.25, 0.3) is 0 Å². The van der Waals surface area contributed by atoms with Gasteiger partial charge in [-0.15, -0.1) is 0 Å². The molecule has 15 heteroatoms. The fourth-order valence-electron chi connectivity index (χ4n) is 3.83. The summed E-state index contributed by atoms with van der Waals surface area (Å²) in [4.78, 5) is 30.6. The zero-order valence-corrected chi connectivity index (χ0v) is 24.0. The van der Waals surface area contributed by atoms with E-state index in [1.165, 1.54) is 0 Å². The van der Waals surface area contributed by atoms with Crippen LogP contribution in [-0.2, 0) is 24.8 Å². The molecule has 1 aliphatic heterocycles. The average Bonchev–Trinajstić information content (AvgIpc) is 3.19. The summed E-state index contributed by atoms with van der Waals surface area (Å²) in [6.07, 6.45) is 0.535. The number of fused-ring (bicyclic) bond motifs is 1. The smallest absolute Gasteiger partial charge is 0.322 e. The maximum Gasteiger partial charge on any atom is 0.322 e. The lowest BCUT2D eigenvalue weighted by atomic mass is 10.1. The van der Waals surface area contributed by atoms with Crippen LogP contribution in [0.3, 0.4) is 0 Å². The van der Waals surface area contributed by atoms with Crippen molar-refractivity contribution in [2.24, 2.45) is 7.05 Å². The number of aryl methyl sites for hydroxylation is 1. The fraction of sp³-hybridized carbons (Fsp3) is 0.500. The Labute approximate surface area is 255 Å². The summed E-state index contributed by atoms with van der Waals surface area (Å²) >= 11 is 16.9. The van der Waals surface area contributed by atoms with Crippen LogP contribution in [0.2, 0.25) is 15.9 Å². The summed E-state index contributed by atoms with van der Waals surface area (Å²) in [5, 5.41) is 0.210. The lowest BCUT2D eigenvalue weighted by molar-refractivity contribution is 0.0328. The van der Waals surface area contributed by atoms with E-state index in [1.54, 1.807) is 0 Å². The molecule has 12 nitrogen and oxygen atoms in total. The molecule has 1 aromatic carbocycles. The number of ether oxygens (including phenoxy) is 3. The Kier molecular flexibility index (Phi) is 13.8. The van der Waals surface area contributed by atoms with Crippen LogP contribution in [0.4, 0.5) is 0 Å². The third-order valence-electron chi connectivity index (χ3n) is 5.61. The molecule has 1 saturated heterocycles. The van der Waals surface area contributed by atoms with Gasteiger partial charge >= 0.3 is 12.0 Å². The molecule has 224 valence electrons. The van der Waals surface area contributed by atoms with Crippen molar-refractivity contribution in [3.63, 3.8) is 0 Å². The molecule has 0 bridgehead atoms. The number of imidazole rings is 1. The van der Waals surface area contributed by atoms with Crippen LogP contribution in [0.1, 0.15) is 45.9 Å². The number of morpholine rings is 1. The van der Waals surface area contributed by atoms with E-state index in [4.69, 9.17) is 54.0 Å². The minimum atomic E-state index is 0. The minimum Gasteiger partial charge on any atom is -0.464 e. The van der Waals surface area contributed by atoms with E-state index in [1.807, 2.05) is 13.8 Å². The first kappa shape index (κ1) is 34.3. The summed E-state index contributed by atoms with van der Waals surface area (Å²) in [5.74, 6) is 1.63. The van der Waals surface area contributed by atoms with Gasteiger partial charge in [0.15, 0.2) is 0 Å². The quantitative estimate of drug-likeness (QED) is 0.259. The van der Waals surface area contributed by atoms with Crippen LogP contribution in [-0.4, -0.2) is 83.9 Å². The number of hydrogen-bond donors (Lipinski definition) is 0. The predicted molar refractivity (Wildman–Crippen MR) is 160 cm³/mol. The topological polar surface area (TPSA) is 126 Å². The van der Waals surface area contributed by atoms with Crippen LogP contribution in [0.15, 0.2) is 18.2 Å². The van der Waals surface area contributed by atoms with Crippen molar-refractivity contribution in [3.8, 4) is 12.0 Å². The molecule has 41 heavy (non-hydrogen) atoms. The number of hydrogen-bond acceptors (Lipinski definition) is 11. The van der Waals surface area contributed by atoms with Crippen molar-refractivity contribution in [2.75, 3.05) is 39.5 Å². The largest absolute Gasteiger partial charge is 0.464 e. The molecule has 0 atom stereocenters. The van der Waals surface area contributed by atoms with Crippen molar-refractivity contribution in [1.82, 2.24) is 44.4 Å². The number of nitrogens with zero attached hydrogens (tertiary/aromatic N) is 9. The van der Waals surface area contributed by atoms with E-state index in [0.717, 1.165) is 55.3 Å². The van der Waals surface area contributed by atoms with E-state index >= 15 is 0 Å². The van der Waals surface area contributed by atoms with Crippen LogP contribution >= 0.6 is 34.8 Å². The Morgan fingerprint density at radius 3 is 2.00 bits per heavy atom. The zero-order valence-electron chi connectivity index (χ0n) is 21.8. The highest BCUT2D eigenvalue weighted by Crippen LogP contribution is 2.20. The van der Waals surface area contributed by atoms with Crippen molar-refractivity contribution >= 4 is 45.8 Å². The molecule has 0 saturated carbocycles. The van der Waals surface area contributed by atoms with Gasteiger partial charge in [-0.25, -0.2) is 9.97 Å². The molecule has 0 radical (unpaired) electrons. The van der Waals surface area contributed by atoms with Gasteiger partial charge in [-0.05, 0) is 66.3 Å². The highest BCUT2D eigenvalue weighted by molar-refractivity contribution is 6.31. The second-order valence-electron chi connectivity index (χ2n) is 8.30. The normalized spacial score (nSPS) is 13.0. The van der Waals surface area contributed by atoms with Gasteiger partial charge < -0.3 is 18.8 Å².